The standard InChI is InChI=1S/C12H15NO3S/c1-3-4-10(15)9-5-8(14)6-11-12(9)13(16)7(2)17-11/h5-7,14,16H,3-4H2,1-2H3. The van der Waals surface area contributed by atoms with Crippen molar-refractivity contribution in [3.63, 3.8) is 0 Å². The molecule has 0 aliphatic carbocycles. The Hall–Kier alpha value is -1.20. The third-order valence-electron chi connectivity index (χ3n) is 2.71. The molecule has 17 heavy (non-hydrogen) atoms. The summed E-state index contributed by atoms with van der Waals surface area (Å²) in [4.78, 5) is 12.7. The van der Waals surface area contributed by atoms with Gasteiger partial charge < -0.3 is 5.11 Å². The quantitative estimate of drug-likeness (QED) is 0.811. The number of nitrogens with zero attached hydrogens (tertiary/aromatic N) is 1. The number of anilines is 1. The molecule has 0 aromatic heterocycles. The van der Waals surface area contributed by atoms with Gasteiger partial charge in [-0.2, -0.15) is 0 Å². The topological polar surface area (TPSA) is 60.8 Å². The summed E-state index contributed by atoms with van der Waals surface area (Å²) in [6.45, 7) is 3.77. The van der Waals surface area contributed by atoms with Crippen molar-refractivity contribution >= 4 is 23.2 Å². The zero-order valence-corrected chi connectivity index (χ0v) is 10.6. The molecule has 0 radical (unpaired) electrons. The predicted octanol–water partition coefficient (Wildman–Crippen LogP) is 3.02. The second kappa shape index (κ2) is 4.58. The van der Waals surface area contributed by atoms with E-state index in [-0.39, 0.29) is 16.9 Å². The highest BCUT2D eigenvalue weighted by Crippen LogP contribution is 2.46. The van der Waals surface area contributed by atoms with Gasteiger partial charge in [0.15, 0.2) is 5.78 Å². The van der Waals surface area contributed by atoms with Crippen LogP contribution in [-0.2, 0) is 0 Å². The fourth-order valence-electron chi connectivity index (χ4n) is 1.91. The van der Waals surface area contributed by atoms with Crippen molar-refractivity contribution in [3.05, 3.63) is 17.7 Å². The van der Waals surface area contributed by atoms with Gasteiger partial charge in [-0.3, -0.25) is 10.0 Å². The van der Waals surface area contributed by atoms with Crippen molar-refractivity contribution in [2.24, 2.45) is 0 Å². The molecule has 0 spiro atoms. The molecule has 1 aliphatic heterocycles. The number of aromatic hydroxyl groups is 1. The molecule has 2 N–H and O–H groups in total. The van der Waals surface area contributed by atoms with Crippen LogP contribution in [-0.4, -0.2) is 21.5 Å². The summed E-state index contributed by atoms with van der Waals surface area (Å²) in [5, 5.41) is 20.5. The lowest BCUT2D eigenvalue weighted by Crippen LogP contribution is -2.23. The Balaban J connectivity index is 2.50. The SMILES string of the molecule is CCCC(=O)c1cc(O)cc2c1N(O)C(C)S2. The van der Waals surface area contributed by atoms with E-state index >= 15 is 0 Å². The normalized spacial score (nSPS) is 18.3. The largest absolute Gasteiger partial charge is 0.508 e. The van der Waals surface area contributed by atoms with Gasteiger partial charge in [0.05, 0.1) is 5.69 Å². The summed E-state index contributed by atoms with van der Waals surface area (Å²) < 4.78 is 0. The number of carbonyl (C=O) groups excluding carboxylic acids is 1. The van der Waals surface area contributed by atoms with Gasteiger partial charge in [-0.25, -0.2) is 5.06 Å². The molecule has 0 saturated heterocycles. The number of hydrogen-bond donors (Lipinski definition) is 2. The monoisotopic (exact) mass is 253 g/mol. The third-order valence-corrected chi connectivity index (χ3v) is 3.81. The smallest absolute Gasteiger partial charge is 0.165 e. The molecule has 92 valence electrons. The summed E-state index contributed by atoms with van der Waals surface area (Å²) in [5.41, 5.74) is 0.931. The minimum atomic E-state index is -0.139. The summed E-state index contributed by atoms with van der Waals surface area (Å²) in [6, 6.07) is 3.01. The highest BCUT2D eigenvalue weighted by atomic mass is 32.2. The number of thioether (sulfide) groups is 1. The van der Waals surface area contributed by atoms with Crippen LogP contribution in [0.1, 0.15) is 37.0 Å². The van der Waals surface area contributed by atoms with Crippen molar-refractivity contribution in [2.75, 3.05) is 5.06 Å². The highest BCUT2D eigenvalue weighted by molar-refractivity contribution is 8.00. The fraction of sp³-hybridized carbons (Fsp3) is 0.417. The van der Waals surface area contributed by atoms with Crippen LogP contribution in [0.2, 0.25) is 0 Å². The number of fused-ring (bicyclic) bond motifs is 1. The first-order valence-electron chi connectivity index (χ1n) is 5.59. The van der Waals surface area contributed by atoms with Crippen LogP contribution < -0.4 is 5.06 Å². The van der Waals surface area contributed by atoms with Gasteiger partial charge >= 0.3 is 0 Å². The van der Waals surface area contributed by atoms with Crippen molar-refractivity contribution in [2.45, 2.75) is 37.0 Å². The van der Waals surface area contributed by atoms with E-state index in [1.54, 1.807) is 6.07 Å². The molecule has 1 aliphatic rings. The van der Waals surface area contributed by atoms with Crippen molar-refractivity contribution in [3.8, 4) is 5.75 Å². The molecule has 2 rings (SSSR count). The molecule has 1 aromatic carbocycles. The lowest BCUT2D eigenvalue weighted by atomic mass is 10.0. The Labute approximate surface area is 104 Å². The van der Waals surface area contributed by atoms with Crippen molar-refractivity contribution in [1.29, 1.82) is 0 Å². The van der Waals surface area contributed by atoms with Gasteiger partial charge in [-0.05, 0) is 25.5 Å². The van der Waals surface area contributed by atoms with Crippen LogP contribution in [0.5, 0.6) is 5.75 Å². The molecule has 0 amide bonds. The highest BCUT2D eigenvalue weighted by Gasteiger charge is 2.30. The first-order chi connectivity index (χ1) is 8.04. The number of rotatable bonds is 3. The number of phenolic OH excluding ortho intramolecular Hbond substituents is 1. The van der Waals surface area contributed by atoms with Crippen LogP contribution in [0, 0.1) is 0 Å². The Bertz CT molecular complexity index is 461. The van der Waals surface area contributed by atoms with Crippen LogP contribution >= 0.6 is 11.8 Å². The minimum Gasteiger partial charge on any atom is -0.508 e. The first-order valence-corrected chi connectivity index (χ1v) is 6.47. The minimum absolute atomic E-state index is 0.0478. The summed E-state index contributed by atoms with van der Waals surface area (Å²) >= 11 is 1.43. The number of carbonyl (C=O) groups is 1. The van der Waals surface area contributed by atoms with E-state index in [9.17, 15) is 15.1 Å². The van der Waals surface area contributed by atoms with Crippen molar-refractivity contribution < 1.29 is 15.1 Å². The molecule has 1 unspecified atom stereocenters. The Morgan fingerprint density at radius 3 is 2.88 bits per heavy atom. The number of Topliss-reactive ketones (excluding diaryl/α,β-unsaturated/α-hetero) is 1. The molecule has 5 heteroatoms. The number of benzene rings is 1. The summed E-state index contributed by atoms with van der Waals surface area (Å²) in [6.07, 6.45) is 1.17. The lowest BCUT2D eigenvalue weighted by Gasteiger charge is -2.17. The van der Waals surface area contributed by atoms with Gasteiger partial charge in [-0.1, -0.05) is 18.7 Å². The van der Waals surface area contributed by atoms with Gasteiger partial charge in [0.1, 0.15) is 11.1 Å². The Morgan fingerprint density at radius 2 is 2.24 bits per heavy atom. The van der Waals surface area contributed by atoms with Crippen LogP contribution in [0.4, 0.5) is 5.69 Å². The Morgan fingerprint density at radius 1 is 1.53 bits per heavy atom. The average molecular weight is 253 g/mol. The van der Waals surface area contributed by atoms with E-state index in [2.05, 4.69) is 0 Å². The van der Waals surface area contributed by atoms with E-state index in [4.69, 9.17) is 0 Å². The molecular formula is C12H15NO3S. The van der Waals surface area contributed by atoms with Crippen LogP contribution in [0.15, 0.2) is 17.0 Å². The second-order valence-electron chi connectivity index (χ2n) is 4.07. The van der Waals surface area contributed by atoms with Crippen molar-refractivity contribution in [1.82, 2.24) is 0 Å². The molecular weight excluding hydrogens is 238 g/mol. The van der Waals surface area contributed by atoms with E-state index in [0.717, 1.165) is 16.4 Å². The molecule has 1 aromatic rings. The maximum atomic E-state index is 12.0. The number of hydrogen-bond acceptors (Lipinski definition) is 5. The van der Waals surface area contributed by atoms with Gasteiger partial charge in [0.2, 0.25) is 0 Å². The molecule has 4 nitrogen and oxygen atoms in total. The summed E-state index contributed by atoms with van der Waals surface area (Å²) in [7, 11) is 0. The van der Waals surface area contributed by atoms with E-state index < -0.39 is 0 Å². The van der Waals surface area contributed by atoms with E-state index in [0.29, 0.717) is 17.7 Å². The van der Waals surface area contributed by atoms with Gasteiger partial charge in [-0.15, -0.1) is 0 Å². The molecule has 1 atom stereocenters. The number of phenols is 1. The first kappa shape index (κ1) is 12.3. The van der Waals surface area contributed by atoms with E-state index in [1.807, 2.05) is 13.8 Å². The maximum Gasteiger partial charge on any atom is 0.165 e. The maximum absolute atomic E-state index is 12.0. The third kappa shape index (κ3) is 2.12. The zero-order valence-electron chi connectivity index (χ0n) is 9.80. The fourth-order valence-corrected chi connectivity index (χ4v) is 2.99. The molecule has 1 heterocycles. The van der Waals surface area contributed by atoms with Gasteiger partial charge in [0.25, 0.3) is 0 Å². The van der Waals surface area contributed by atoms with Gasteiger partial charge in [0, 0.05) is 16.9 Å². The number of hydroxylamine groups is 1. The average Bonchev–Trinajstić information content (AvgIpc) is 2.54. The van der Waals surface area contributed by atoms with E-state index in [1.165, 1.54) is 17.8 Å². The predicted molar refractivity (Wildman–Crippen MR) is 66.9 cm³/mol. The molecule has 0 fully saturated rings. The van der Waals surface area contributed by atoms with Crippen LogP contribution in [0.3, 0.4) is 0 Å². The molecule has 0 saturated carbocycles. The van der Waals surface area contributed by atoms with Crippen LogP contribution in [0.25, 0.3) is 0 Å². The number of ketones is 1. The Kier molecular flexibility index (Phi) is 3.31. The lowest BCUT2D eigenvalue weighted by molar-refractivity contribution is 0.0979. The summed E-state index contributed by atoms with van der Waals surface area (Å²) in [5.74, 6) is 0.0200. The second-order valence-corrected chi connectivity index (χ2v) is 5.43. The molecule has 0 bridgehead atoms. The zero-order chi connectivity index (χ0) is 12.6.